The third-order valence-corrected chi connectivity index (χ3v) is 3.16. The first-order valence-electron chi connectivity index (χ1n) is 7.52. The number of hydrogen-bond acceptors (Lipinski definition) is 5. The second kappa shape index (κ2) is 9.03. The summed E-state index contributed by atoms with van der Waals surface area (Å²) in [6.45, 7) is -0.231. The molecule has 0 unspecified atom stereocenters. The Morgan fingerprint density at radius 3 is 2.56 bits per heavy atom. The van der Waals surface area contributed by atoms with E-state index in [-0.39, 0.29) is 24.3 Å². The zero-order valence-corrected chi connectivity index (χ0v) is 13.3. The number of carbonyl (C=O) groups is 2. The molecule has 0 saturated carbocycles. The van der Waals surface area contributed by atoms with Gasteiger partial charge in [0.25, 0.3) is 5.91 Å². The van der Waals surface area contributed by atoms with E-state index in [1.807, 2.05) is 6.07 Å². The molecule has 7 heteroatoms. The Morgan fingerprint density at radius 2 is 1.84 bits per heavy atom. The van der Waals surface area contributed by atoms with Crippen molar-refractivity contribution in [2.75, 3.05) is 18.5 Å². The number of halogens is 1. The van der Waals surface area contributed by atoms with Crippen LogP contribution in [0.25, 0.3) is 0 Å². The molecule has 25 heavy (non-hydrogen) atoms. The lowest BCUT2D eigenvalue weighted by Crippen LogP contribution is -2.29. The van der Waals surface area contributed by atoms with Crippen LogP contribution in [0.15, 0.2) is 48.5 Å². The van der Waals surface area contributed by atoms with Gasteiger partial charge >= 0.3 is 5.97 Å². The summed E-state index contributed by atoms with van der Waals surface area (Å²) in [6.07, 6.45) is 0.185. The fourth-order valence-corrected chi connectivity index (χ4v) is 1.98. The lowest BCUT2D eigenvalue weighted by Gasteiger charge is -2.12. The highest BCUT2D eigenvalue weighted by atomic mass is 19.1. The van der Waals surface area contributed by atoms with Gasteiger partial charge in [-0.1, -0.05) is 12.1 Å². The van der Waals surface area contributed by atoms with Crippen molar-refractivity contribution < 1.29 is 18.7 Å². The summed E-state index contributed by atoms with van der Waals surface area (Å²) in [5, 5.41) is 13.9. The van der Waals surface area contributed by atoms with Crippen molar-refractivity contribution in [3.63, 3.8) is 0 Å². The Balaban J connectivity index is 1.99. The number of ether oxygens (including phenoxy) is 1. The summed E-state index contributed by atoms with van der Waals surface area (Å²) in [7, 11) is 0. The number of amides is 1. The number of hydrogen-bond donors (Lipinski definition) is 2. The van der Waals surface area contributed by atoms with Gasteiger partial charge in [-0.2, -0.15) is 5.26 Å². The van der Waals surface area contributed by atoms with Crippen molar-refractivity contribution in [3.8, 4) is 6.07 Å². The maximum absolute atomic E-state index is 13.0. The standard InChI is InChI=1S/C18H16FN3O3/c19-13-6-8-14(9-7-13)22-16-5-2-1-4-15(16)18(24)25-12-17(23)21-11-3-10-20/h1-2,4-9,22H,3,11-12H2,(H,21,23). The Labute approximate surface area is 144 Å². The molecule has 0 aliphatic rings. The predicted molar refractivity (Wildman–Crippen MR) is 89.6 cm³/mol. The Bertz CT molecular complexity index is 785. The summed E-state index contributed by atoms with van der Waals surface area (Å²) < 4.78 is 17.9. The number of carbonyl (C=O) groups excluding carboxylic acids is 2. The number of rotatable bonds is 7. The van der Waals surface area contributed by atoms with Crippen LogP contribution in [0.1, 0.15) is 16.8 Å². The molecule has 1 amide bonds. The number of anilines is 2. The van der Waals surface area contributed by atoms with Crippen LogP contribution in [0.3, 0.4) is 0 Å². The number of benzene rings is 2. The second-order valence-corrected chi connectivity index (χ2v) is 5.01. The van der Waals surface area contributed by atoms with Crippen molar-refractivity contribution in [1.29, 1.82) is 5.26 Å². The van der Waals surface area contributed by atoms with Crippen LogP contribution < -0.4 is 10.6 Å². The van der Waals surface area contributed by atoms with Crippen molar-refractivity contribution >= 4 is 23.3 Å². The van der Waals surface area contributed by atoms with Crippen LogP contribution in [0.4, 0.5) is 15.8 Å². The minimum absolute atomic E-state index is 0.185. The highest BCUT2D eigenvalue weighted by Crippen LogP contribution is 2.21. The van der Waals surface area contributed by atoms with Gasteiger partial charge in [0, 0.05) is 12.2 Å². The van der Waals surface area contributed by atoms with Gasteiger partial charge in [0.2, 0.25) is 0 Å². The van der Waals surface area contributed by atoms with Gasteiger partial charge in [-0.15, -0.1) is 0 Å². The van der Waals surface area contributed by atoms with Crippen molar-refractivity contribution in [2.45, 2.75) is 6.42 Å². The van der Waals surface area contributed by atoms with Gasteiger partial charge in [-0.05, 0) is 36.4 Å². The second-order valence-electron chi connectivity index (χ2n) is 5.01. The maximum atomic E-state index is 13.0. The van der Waals surface area contributed by atoms with Crippen LogP contribution in [0.2, 0.25) is 0 Å². The van der Waals surface area contributed by atoms with E-state index >= 15 is 0 Å². The molecule has 6 nitrogen and oxygen atoms in total. The molecule has 0 fully saturated rings. The molecule has 2 rings (SSSR count). The first kappa shape index (κ1) is 17.9. The van der Waals surface area contributed by atoms with Crippen molar-refractivity contribution in [2.24, 2.45) is 0 Å². The third kappa shape index (κ3) is 5.62. The van der Waals surface area contributed by atoms with Gasteiger partial charge in [0.1, 0.15) is 5.82 Å². The fraction of sp³-hybridized carbons (Fsp3) is 0.167. The van der Waals surface area contributed by atoms with E-state index in [4.69, 9.17) is 10.00 Å². The molecule has 0 aliphatic heterocycles. The summed E-state index contributed by atoms with van der Waals surface area (Å²) in [5.74, 6) is -1.51. The average molecular weight is 341 g/mol. The molecule has 0 atom stereocenters. The van der Waals surface area contributed by atoms with E-state index in [2.05, 4.69) is 10.6 Å². The molecule has 0 saturated heterocycles. The molecule has 0 aromatic heterocycles. The van der Waals surface area contributed by atoms with Gasteiger partial charge in [-0.25, -0.2) is 9.18 Å². The van der Waals surface area contributed by atoms with Crippen molar-refractivity contribution in [3.05, 3.63) is 59.9 Å². The minimum atomic E-state index is -0.666. The smallest absolute Gasteiger partial charge is 0.340 e. The molecule has 2 N–H and O–H groups in total. The predicted octanol–water partition coefficient (Wildman–Crippen LogP) is 2.76. The number of esters is 1. The summed E-state index contributed by atoms with van der Waals surface area (Å²) in [5.41, 5.74) is 1.33. The summed E-state index contributed by atoms with van der Waals surface area (Å²) in [4.78, 5) is 23.7. The quantitative estimate of drug-likeness (QED) is 0.597. The van der Waals surface area contributed by atoms with E-state index in [9.17, 15) is 14.0 Å². The Hall–Kier alpha value is -3.40. The topological polar surface area (TPSA) is 91.2 Å². The summed E-state index contributed by atoms with van der Waals surface area (Å²) >= 11 is 0. The average Bonchev–Trinajstić information content (AvgIpc) is 2.62. The number of nitrogens with zero attached hydrogens (tertiary/aromatic N) is 1. The molecule has 128 valence electrons. The van der Waals surface area contributed by atoms with Gasteiger partial charge in [0.05, 0.1) is 23.7 Å². The Morgan fingerprint density at radius 1 is 1.12 bits per heavy atom. The molecule has 0 radical (unpaired) electrons. The van der Waals surface area contributed by atoms with E-state index in [1.165, 1.54) is 12.1 Å². The van der Waals surface area contributed by atoms with E-state index in [0.717, 1.165) is 0 Å². The minimum Gasteiger partial charge on any atom is -0.452 e. The Kier molecular flexibility index (Phi) is 6.48. The lowest BCUT2D eigenvalue weighted by molar-refractivity contribution is -0.124. The van der Waals surface area contributed by atoms with Crippen LogP contribution in [0, 0.1) is 17.1 Å². The molecule has 0 bridgehead atoms. The SMILES string of the molecule is N#CCCNC(=O)COC(=O)c1ccccc1Nc1ccc(F)cc1. The molecule has 2 aromatic rings. The monoisotopic (exact) mass is 341 g/mol. The van der Waals surface area contributed by atoms with Crippen LogP contribution in [-0.4, -0.2) is 25.0 Å². The van der Waals surface area contributed by atoms with Gasteiger partial charge < -0.3 is 15.4 Å². The normalized spacial score (nSPS) is 9.76. The van der Waals surface area contributed by atoms with Crippen LogP contribution in [-0.2, 0) is 9.53 Å². The molecule has 2 aromatic carbocycles. The molecular weight excluding hydrogens is 325 g/mol. The highest BCUT2D eigenvalue weighted by Gasteiger charge is 2.14. The molecular formula is C18H16FN3O3. The highest BCUT2D eigenvalue weighted by molar-refractivity contribution is 5.97. The maximum Gasteiger partial charge on any atom is 0.340 e. The largest absolute Gasteiger partial charge is 0.452 e. The van der Waals surface area contributed by atoms with Crippen LogP contribution >= 0.6 is 0 Å². The zero-order valence-electron chi connectivity index (χ0n) is 13.3. The fourth-order valence-electron chi connectivity index (χ4n) is 1.98. The number of nitriles is 1. The van der Waals surface area contributed by atoms with Gasteiger partial charge in [0.15, 0.2) is 6.61 Å². The third-order valence-electron chi connectivity index (χ3n) is 3.16. The van der Waals surface area contributed by atoms with Gasteiger partial charge in [-0.3, -0.25) is 4.79 Å². The zero-order chi connectivity index (χ0) is 18.1. The molecule has 0 aliphatic carbocycles. The van der Waals surface area contributed by atoms with Crippen molar-refractivity contribution in [1.82, 2.24) is 5.32 Å². The van der Waals surface area contributed by atoms with E-state index in [1.54, 1.807) is 36.4 Å². The molecule has 0 heterocycles. The first-order valence-corrected chi connectivity index (χ1v) is 7.52. The lowest BCUT2D eigenvalue weighted by atomic mass is 10.1. The number of para-hydroxylation sites is 1. The first-order chi connectivity index (χ1) is 12.1. The van der Waals surface area contributed by atoms with E-state index in [0.29, 0.717) is 11.4 Å². The summed E-state index contributed by atoms with van der Waals surface area (Å²) in [6, 6.07) is 14.2. The van der Waals surface area contributed by atoms with Crippen LogP contribution in [0.5, 0.6) is 0 Å². The molecule has 0 spiro atoms. The van der Waals surface area contributed by atoms with E-state index < -0.39 is 18.5 Å². The number of nitrogens with one attached hydrogen (secondary N) is 2.